The SMILES string of the molecule is COc1ccc(C(=O)OCc2cc(-c3ccc(OC)c(OC)c3)on2)c(OC)c1. The molecule has 0 aliphatic heterocycles. The Hall–Kier alpha value is -3.68. The van der Waals surface area contributed by atoms with Gasteiger partial charge >= 0.3 is 5.97 Å². The molecule has 2 aromatic carbocycles. The highest BCUT2D eigenvalue weighted by molar-refractivity contribution is 5.92. The molecular formula is C21H21NO7. The minimum atomic E-state index is -0.542. The summed E-state index contributed by atoms with van der Waals surface area (Å²) in [6, 6.07) is 11.9. The molecule has 0 unspecified atom stereocenters. The van der Waals surface area contributed by atoms with Crippen LogP contribution in [0.15, 0.2) is 47.0 Å². The Bertz CT molecular complexity index is 996. The fourth-order valence-corrected chi connectivity index (χ4v) is 2.69. The summed E-state index contributed by atoms with van der Waals surface area (Å²) in [5.74, 6) is 2.09. The first kappa shape index (κ1) is 20.1. The van der Waals surface area contributed by atoms with E-state index >= 15 is 0 Å². The zero-order chi connectivity index (χ0) is 20.8. The Morgan fingerprint density at radius 2 is 1.62 bits per heavy atom. The molecule has 0 spiro atoms. The molecule has 29 heavy (non-hydrogen) atoms. The third-order valence-corrected chi connectivity index (χ3v) is 4.21. The minimum absolute atomic E-state index is 0.0508. The van der Waals surface area contributed by atoms with E-state index in [0.29, 0.717) is 34.5 Å². The van der Waals surface area contributed by atoms with Gasteiger partial charge < -0.3 is 28.2 Å². The topological polar surface area (TPSA) is 89.3 Å². The number of benzene rings is 2. The second-order valence-electron chi connectivity index (χ2n) is 5.89. The Labute approximate surface area is 167 Å². The molecule has 0 saturated carbocycles. The molecule has 0 N–H and O–H groups in total. The van der Waals surface area contributed by atoms with Gasteiger partial charge in [-0.05, 0) is 30.3 Å². The molecule has 0 bridgehead atoms. The van der Waals surface area contributed by atoms with Crippen molar-refractivity contribution in [3.63, 3.8) is 0 Å². The van der Waals surface area contributed by atoms with Crippen LogP contribution < -0.4 is 18.9 Å². The second-order valence-corrected chi connectivity index (χ2v) is 5.89. The maximum atomic E-state index is 12.4. The van der Waals surface area contributed by atoms with Crippen molar-refractivity contribution in [2.45, 2.75) is 6.61 Å². The standard InChI is InChI=1S/C21H21NO7/c1-24-15-6-7-16(19(11-15)26-3)21(23)28-12-14-10-18(29-22-14)13-5-8-17(25-2)20(9-13)27-4/h5-11H,12H2,1-4H3. The third-order valence-electron chi connectivity index (χ3n) is 4.21. The molecule has 0 atom stereocenters. The van der Waals surface area contributed by atoms with E-state index in [1.807, 2.05) is 6.07 Å². The van der Waals surface area contributed by atoms with Gasteiger partial charge in [0.25, 0.3) is 0 Å². The summed E-state index contributed by atoms with van der Waals surface area (Å²) in [5, 5.41) is 3.95. The van der Waals surface area contributed by atoms with E-state index in [1.54, 1.807) is 50.6 Å². The third kappa shape index (κ3) is 4.43. The monoisotopic (exact) mass is 399 g/mol. The van der Waals surface area contributed by atoms with E-state index in [-0.39, 0.29) is 12.2 Å². The van der Waals surface area contributed by atoms with Crippen molar-refractivity contribution in [3.8, 4) is 34.3 Å². The smallest absolute Gasteiger partial charge is 0.342 e. The van der Waals surface area contributed by atoms with Gasteiger partial charge in [0.15, 0.2) is 17.3 Å². The molecular weight excluding hydrogens is 378 g/mol. The normalized spacial score (nSPS) is 10.3. The molecule has 0 amide bonds. The van der Waals surface area contributed by atoms with Gasteiger partial charge in [-0.1, -0.05) is 5.16 Å². The molecule has 0 aliphatic rings. The van der Waals surface area contributed by atoms with Crippen LogP contribution in [-0.2, 0) is 11.3 Å². The van der Waals surface area contributed by atoms with Gasteiger partial charge in [0.05, 0.1) is 28.4 Å². The molecule has 1 heterocycles. The van der Waals surface area contributed by atoms with Crippen molar-refractivity contribution in [1.82, 2.24) is 5.16 Å². The average Bonchev–Trinajstić information content (AvgIpc) is 3.25. The van der Waals surface area contributed by atoms with E-state index in [4.69, 9.17) is 28.2 Å². The molecule has 8 heteroatoms. The lowest BCUT2D eigenvalue weighted by atomic mass is 10.1. The molecule has 0 aliphatic carbocycles. The summed E-state index contributed by atoms with van der Waals surface area (Å²) < 4.78 is 31.6. The molecule has 1 aromatic heterocycles. The number of hydrogen-bond donors (Lipinski definition) is 0. The Morgan fingerprint density at radius 1 is 0.862 bits per heavy atom. The number of rotatable bonds is 8. The zero-order valence-corrected chi connectivity index (χ0v) is 16.6. The van der Waals surface area contributed by atoms with Crippen molar-refractivity contribution in [2.75, 3.05) is 28.4 Å². The van der Waals surface area contributed by atoms with E-state index in [9.17, 15) is 4.79 Å². The number of esters is 1. The van der Waals surface area contributed by atoms with Crippen LogP contribution in [0.25, 0.3) is 11.3 Å². The van der Waals surface area contributed by atoms with Gasteiger partial charge in [-0.15, -0.1) is 0 Å². The summed E-state index contributed by atoms with van der Waals surface area (Å²) in [4.78, 5) is 12.4. The Kier molecular flexibility index (Phi) is 6.23. The maximum Gasteiger partial charge on any atom is 0.342 e. The van der Waals surface area contributed by atoms with Gasteiger partial charge in [0.2, 0.25) is 0 Å². The minimum Gasteiger partial charge on any atom is -0.497 e. The van der Waals surface area contributed by atoms with E-state index in [2.05, 4.69) is 5.16 Å². The first-order valence-electron chi connectivity index (χ1n) is 8.66. The van der Waals surface area contributed by atoms with Crippen LogP contribution in [0.1, 0.15) is 16.1 Å². The van der Waals surface area contributed by atoms with E-state index in [0.717, 1.165) is 5.56 Å². The summed E-state index contributed by atoms with van der Waals surface area (Å²) >= 11 is 0. The van der Waals surface area contributed by atoms with Crippen LogP contribution in [0, 0.1) is 0 Å². The summed E-state index contributed by atoms with van der Waals surface area (Å²) in [6.07, 6.45) is 0. The largest absolute Gasteiger partial charge is 0.497 e. The van der Waals surface area contributed by atoms with Crippen molar-refractivity contribution < 1.29 is 33.0 Å². The van der Waals surface area contributed by atoms with Gasteiger partial charge in [-0.25, -0.2) is 4.79 Å². The molecule has 3 rings (SSSR count). The predicted molar refractivity (Wildman–Crippen MR) is 104 cm³/mol. The number of carbonyl (C=O) groups excluding carboxylic acids is 1. The van der Waals surface area contributed by atoms with Crippen LogP contribution >= 0.6 is 0 Å². The van der Waals surface area contributed by atoms with Crippen molar-refractivity contribution in [1.29, 1.82) is 0 Å². The highest BCUT2D eigenvalue weighted by Gasteiger charge is 2.17. The van der Waals surface area contributed by atoms with Gasteiger partial charge in [0, 0.05) is 17.7 Å². The lowest BCUT2D eigenvalue weighted by molar-refractivity contribution is 0.0460. The second kappa shape index (κ2) is 9.01. The number of hydrogen-bond acceptors (Lipinski definition) is 8. The molecule has 0 radical (unpaired) electrons. The lowest BCUT2D eigenvalue weighted by Gasteiger charge is -2.09. The predicted octanol–water partition coefficient (Wildman–Crippen LogP) is 3.73. The highest BCUT2D eigenvalue weighted by Crippen LogP contribution is 2.32. The van der Waals surface area contributed by atoms with Crippen LogP contribution in [0.4, 0.5) is 0 Å². The number of ether oxygens (including phenoxy) is 5. The van der Waals surface area contributed by atoms with Crippen molar-refractivity contribution in [3.05, 3.63) is 53.7 Å². The molecule has 152 valence electrons. The molecule has 3 aromatic rings. The van der Waals surface area contributed by atoms with Gasteiger partial charge in [-0.3, -0.25) is 0 Å². The van der Waals surface area contributed by atoms with Gasteiger partial charge in [0.1, 0.15) is 29.4 Å². The summed E-state index contributed by atoms with van der Waals surface area (Å²) in [7, 11) is 6.13. The lowest BCUT2D eigenvalue weighted by Crippen LogP contribution is -2.07. The fraction of sp³-hybridized carbons (Fsp3) is 0.238. The first-order valence-corrected chi connectivity index (χ1v) is 8.66. The molecule has 8 nitrogen and oxygen atoms in total. The number of nitrogens with zero attached hydrogens (tertiary/aromatic N) is 1. The summed E-state index contributed by atoms with van der Waals surface area (Å²) in [5.41, 5.74) is 1.51. The van der Waals surface area contributed by atoms with Crippen LogP contribution in [0.3, 0.4) is 0 Å². The molecule has 0 saturated heterocycles. The van der Waals surface area contributed by atoms with Crippen molar-refractivity contribution >= 4 is 5.97 Å². The summed E-state index contributed by atoms with van der Waals surface area (Å²) in [6.45, 7) is -0.0508. The molecule has 0 fully saturated rings. The first-order chi connectivity index (χ1) is 14.1. The van der Waals surface area contributed by atoms with Crippen LogP contribution in [-0.4, -0.2) is 39.6 Å². The fourth-order valence-electron chi connectivity index (χ4n) is 2.69. The quantitative estimate of drug-likeness (QED) is 0.529. The Balaban J connectivity index is 1.70. The number of carbonyl (C=O) groups is 1. The van der Waals surface area contributed by atoms with E-state index in [1.165, 1.54) is 14.2 Å². The highest BCUT2D eigenvalue weighted by atomic mass is 16.5. The van der Waals surface area contributed by atoms with Crippen LogP contribution in [0.5, 0.6) is 23.0 Å². The van der Waals surface area contributed by atoms with Gasteiger partial charge in [-0.2, -0.15) is 0 Å². The van der Waals surface area contributed by atoms with Crippen LogP contribution in [0.2, 0.25) is 0 Å². The van der Waals surface area contributed by atoms with E-state index < -0.39 is 5.97 Å². The average molecular weight is 399 g/mol. The zero-order valence-electron chi connectivity index (χ0n) is 16.6. The van der Waals surface area contributed by atoms with Crippen molar-refractivity contribution in [2.24, 2.45) is 0 Å². The Morgan fingerprint density at radius 3 is 2.31 bits per heavy atom. The maximum absolute atomic E-state index is 12.4. The number of methoxy groups -OCH3 is 4. The number of aromatic nitrogens is 1.